The summed E-state index contributed by atoms with van der Waals surface area (Å²) in [5.74, 6) is -0.826. The van der Waals surface area contributed by atoms with E-state index in [9.17, 15) is 4.79 Å². The minimum Gasteiger partial charge on any atom is -0.477 e. The molecule has 1 aliphatic rings. The number of aromatic nitrogens is 2. The van der Waals surface area contributed by atoms with Gasteiger partial charge in [-0.3, -0.25) is 0 Å². The van der Waals surface area contributed by atoms with Gasteiger partial charge in [-0.25, -0.2) is 14.8 Å². The van der Waals surface area contributed by atoms with Crippen molar-refractivity contribution in [2.75, 3.05) is 13.2 Å². The highest BCUT2D eigenvalue weighted by atomic mass is 16.6. The van der Waals surface area contributed by atoms with Crippen LogP contribution in [0.4, 0.5) is 0 Å². The molecule has 0 amide bonds. The average molecular weight is 196 g/mol. The molecular formula is C8H8N2O4. The zero-order chi connectivity index (χ0) is 9.97. The summed E-state index contributed by atoms with van der Waals surface area (Å²) < 4.78 is 10.2. The molecular weight excluding hydrogens is 188 g/mol. The largest absolute Gasteiger partial charge is 0.477 e. The van der Waals surface area contributed by atoms with E-state index in [1.807, 2.05) is 0 Å². The third kappa shape index (κ3) is 1.80. The fraction of sp³-hybridized carbons (Fsp3) is 0.375. The van der Waals surface area contributed by atoms with Crippen molar-refractivity contribution < 1.29 is 19.4 Å². The Labute approximate surface area is 79.5 Å². The van der Waals surface area contributed by atoms with Gasteiger partial charge in [-0.2, -0.15) is 0 Å². The number of ether oxygens (including phenoxy) is 2. The fourth-order valence-electron chi connectivity index (χ4n) is 0.974. The van der Waals surface area contributed by atoms with E-state index in [4.69, 9.17) is 14.6 Å². The van der Waals surface area contributed by atoms with Crippen molar-refractivity contribution in [3.8, 4) is 5.88 Å². The van der Waals surface area contributed by atoms with Gasteiger partial charge in [0.2, 0.25) is 5.88 Å². The fourth-order valence-corrected chi connectivity index (χ4v) is 0.974. The number of rotatable bonds is 3. The van der Waals surface area contributed by atoms with Crippen LogP contribution in [0.1, 0.15) is 10.5 Å². The highest BCUT2D eigenvalue weighted by molar-refractivity contribution is 5.85. The number of carboxylic acids is 1. The first-order valence-corrected chi connectivity index (χ1v) is 4.05. The quantitative estimate of drug-likeness (QED) is 0.730. The van der Waals surface area contributed by atoms with E-state index >= 15 is 0 Å². The molecule has 1 aliphatic heterocycles. The van der Waals surface area contributed by atoms with E-state index in [0.29, 0.717) is 13.2 Å². The lowest BCUT2D eigenvalue weighted by molar-refractivity contribution is -0.0814. The molecule has 6 nitrogen and oxygen atoms in total. The molecule has 74 valence electrons. The van der Waals surface area contributed by atoms with Gasteiger partial charge in [-0.15, -0.1) is 0 Å². The smallest absolute Gasteiger partial charge is 0.354 e. The van der Waals surface area contributed by atoms with Crippen molar-refractivity contribution in [1.82, 2.24) is 9.97 Å². The molecule has 0 radical (unpaired) electrons. The van der Waals surface area contributed by atoms with E-state index in [0.717, 1.165) is 6.33 Å². The van der Waals surface area contributed by atoms with Crippen LogP contribution >= 0.6 is 0 Å². The van der Waals surface area contributed by atoms with Gasteiger partial charge in [0, 0.05) is 6.07 Å². The SMILES string of the molecule is O=C(O)c1cc(OC2COC2)ncn1. The van der Waals surface area contributed by atoms with E-state index in [-0.39, 0.29) is 17.7 Å². The molecule has 2 rings (SSSR count). The van der Waals surface area contributed by atoms with Gasteiger partial charge in [0.25, 0.3) is 0 Å². The van der Waals surface area contributed by atoms with E-state index < -0.39 is 5.97 Å². The minimum atomic E-state index is -1.10. The van der Waals surface area contributed by atoms with Gasteiger partial charge in [-0.1, -0.05) is 0 Å². The predicted molar refractivity (Wildman–Crippen MR) is 44.2 cm³/mol. The van der Waals surface area contributed by atoms with Crippen LogP contribution in [0, 0.1) is 0 Å². The summed E-state index contributed by atoms with van der Waals surface area (Å²) in [6, 6.07) is 1.29. The summed E-state index contributed by atoms with van der Waals surface area (Å²) in [6.07, 6.45) is 1.14. The van der Waals surface area contributed by atoms with Crippen molar-refractivity contribution in [2.24, 2.45) is 0 Å². The van der Waals surface area contributed by atoms with E-state index in [1.165, 1.54) is 6.07 Å². The Balaban J connectivity index is 2.09. The number of nitrogens with zero attached hydrogens (tertiary/aromatic N) is 2. The second kappa shape index (κ2) is 3.59. The number of carbonyl (C=O) groups is 1. The molecule has 2 heterocycles. The molecule has 0 spiro atoms. The first kappa shape index (κ1) is 8.89. The third-order valence-corrected chi connectivity index (χ3v) is 1.76. The molecule has 0 saturated carbocycles. The van der Waals surface area contributed by atoms with Crippen LogP contribution in [0.15, 0.2) is 12.4 Å². The Kier molecular flexibility index (Phi) is 2.28. The lowest BCUT2D eigenvalue weighted by atomic mass is 10.3. The van der Waals surface area contributed by atoms with Crippen LogP contribution < -0.4 is 4.74 Å². The molecule has 0 unspecified atom stereocenters. The third-order valence-electron chi connectivity index (χ3n) is 1.76. The van der Waals surface area contributed by atoms with Crippen LogP contribution in [0.5, 0.6) is 5.88 Å². The summed E-state index contributed by atoms with van der Waals surface area (Å²) in [6.45, 7) is 1.04. The number of hydrogen-bond donors (Lipinski definition) is 1. The van der Waals surface area contributed by atoms with Crippen LogP contribution in [0.25, 0.3) is 0 Å². The number of carboxylic acid groups (broad SMARTS) is 1. The summed E-state index contributed by atoms with van der Waals surface area (Å²) in [4.78, 5) is 17.9. The average Bonchev–Trinajstić information content (AvgIpc) is 2.12. The molecule has 0 aromatic carbocycles. The van der Waals surface area contributed by atoms with Crippen LogP contribution in [-0.4, -0.2) is 40.4 Å². The first-order valence-electron chi connectivity index (χ1n) is 4.05. The molecule has 1 aromatic rings. The normalized spacial score (nSPS) is 16.0. The predicted octanol–water partition coefficient (Wildman–Crippen LogP) is -0.0476. The van der Waals surface area contributed by atoms with Gasteiger partial charge < -0.3 is 14.6 Å². The van der Waals surface area contributed by atoms with Crippen LogP contribution in [-0.2, 0) is 4.74 Å². The maximum Gasteiger partial charge on any atom is 0.354 e. The van der Waals surface area contributed by atoms with E-state index in [2.05, 4.69) is 9.97 Å². The van der Waals surface area contributed by atoms with Gasteiger partial charge in [-0.05, 0) is 0 Å². The minimum absolute atomic E-state index is 0.0217. The monoisotopic (exact) mass is 196 g/mol. The zero-order valence-electron chi connectivity index (χ0n) is 7.21. The second-order valence-electron chi connectivity index (χ2n) is 2.82. The Morgan fingerprint density at radius 2 is 2.36 bits per heavy atom. The standard InChI is InChI=1S/C8H8N2O4/c11-8(12)6-1-7(10-4-9-6)14-5-2-13-3-5/h1,4-5H,2-3H2,(H,11,12). The molecule has 14 heavy (non-hydrogen) atoms. The maximum absolute atomic E-state index is 10.6. The Morgan fingerprint density at radius 3 is 2.93 bits per heavy atom. The molecule has 1 N–H and O–H groups in total. The first-order chi connectivity index (χ1) is 6.75. The molecule has 1 saturated heterocycles. The van der Waals surface area contributed by atoms with Crippen molar-refractivity contribution >= 4 is 5.97 Å². The maximum atomic E-state index is 10.6. The van der Waals surface area contributed by atoms with Gasteiger partial charge in [0.05, 0.1) is 13.2 Å². The molecule has 0 atom stereocenters. The lowest BCUT2D eigenvalue weighted by Gasteiger charge is -2.25. The number of aromatic carboxylic acids is 1. The van der Waals surface area contributed by atoms with Crippen LogP contribution in [0.3, 0.4) is 0 Å². The number of hydrogen-bond acceptors (Lipinski definition) is 5. The highest BCUT2D eigenvalue weighted by Crippen LogP contribution is 2.13. The van der Waals surface area contributed by atoms with Crippen molar-refractivity contribution in [1.29, 1.82) is 0 Å². The molecule has 0 aliphatic carbocycles. The highest BCUT2D eigenvalue weighted by Gasteiger charge is 2.21. The Bertz CT molecular complexity index is 351. The van der Waals surface area contributed by atoms with Crippen molar-refractivity contribution in [3.05, 3.63) is 18.1 Å². The van der Waals surface area contributed by atoms with Gasteiger partial charge >= 0.3 is 5.97 Å². The summed E-state index contributed by atoms with van der Waals surface area (Å²) >= 11 is 0. The van der Waals surface area contributed by atoms with Crippen LogP contribution in [0.2, 0.25) is 0 Å². The summed E-state index contributed by atoms with van der Waals surface area (Å²) in [5.41, 5.74) is -0.0739. The zero-order valence-corrected chi connectivity index (χ0v) is 7.21. The Hall–Kier alpha value is -1.69. The van der Waals surface area contributed by atoms with Crippen molar-refractivity contribution in [3.63, 3.8) is 0 Å². The molecule has 1 aromatic heterocycles. The van der Waals surface area contributed by atoms with Gasteiger partial charge in [0.15, 0.2) is 5.69 Å². The van der Waals surface area contributed by atoms with Gasteiger partial charge in [0.1, 0.15) is 12.4 Å². The van der Waals surface area contributed by atoms with E-state index in [1.54, 1.807) is 0 Å². The second-order valence-corrected chi connectivity index (χ2v) is 2.82. The van der Waals surface area contributed by atoms with Crippen molar-refractivity contribution in [2.45, 2.75) is 6.10 Å². The topological polar surface area (TPSA) is 81.5 Å². The lowest BCUT2D eigenvalue weighted by Crippen LogP contribution is -2.38. The molecule has 0 bridgehead atoms. The molecule has 1 fully saturated rings. The summed E-state index contributed by atoms with van der Waals surface area (Å²) in [7, 11) is 0. The Morgan fingerprint density at radius 1 is 1.57 bits per heavy atom. The molecule has 6 heteroatoms. The summed E-state index contributed by atoms with van der Waals surface area (Å²) in [5, 5.41) is 8.64.